The van der Waals surface area contributed by atoms with Crippen LogP contribution in [0.3, 0.4) is 0 Å². The number of ketones is 2. The number of fused-ring (bicyclic) bond motifs is 5. The average Bonchev–Trinajstić information content (AvgIpc) is 3.06. The Balaban J connectivity index is 1.77. The minimum atomic E-state index is -1.55. The average molecular weight is 505 g/mol. The van der Waals surface area contributed by atoms with E-state index in [1.807, 2.05) is 20.8 Å². The van der Waals surface area contributed by atoms with Crippen LogP contribution in [0, 0.1) is 34.5 Å². The van der Waals surface area contributed by atoms with Gasteiger partial charge >= 0.3 is 11.9 Å². The smallest absolute Gasteiger partial charge is 0.306 e. The second-order valence-corrected chi connectivity index (χ2v) is 11.4. The summed E-state index contributed by atoms with van der Waals surface area (Å²) in [5, 5.41) is 11.6. The molecule has 4 aliphatic carbocycles. The predicted octanol–water partition coefficient (Wildman–Crippen LogP) is 4.02. The van der Waals surface area contributed by atoms with Crippen molar-refractivity contribution in [1.29, 1.82) is 0 Å². The largest absolute Gasteiger partial charge is 0.457 e. The molecule has 8 atom stereocenters. The van der Waals surface area contributed by atoms with Gasteiger partial charge in [0.1, 0.15) is 0 Å². The molecular weight excluding hydrogens is 467 g/mol. The molecule has 0 unspecified atom stereocenters. The van der Waals surface area contributed by atoms with E-state index in [1.165, 1.54) is 6.08 Å². The van der Waals surface area contributed by atoms with Gasteiger partial charge in [0.25, 0.3) is 0 Å². The van der Waals surface area contributed by atoms with Crippen molar-refractivity contribution in [2.45, 2.75) is 84.8 Å². The first kappa shape index (κ1) is 26.7. The number of halogens is 1. The van der Waals surface area contributed by atoms with Crippen molar-refractivity contribution >= 4 is 23.5 Å². The number of hydrogen-bond donors (Lipinski definition) is 1. The van der Waals surface area contributed by atoms with E-state index in [-0.39, 0.29) is 42.9 Å². The molecule has 8 heteroatoms. The molecule has 3 fully saturated rings. The Bertz CT molecular complexity index is 1050. The molecule has 0 heterocycles. The molecule has 0 aromatic heterocycles. The van der Waals surface area contributed by atoms with Crippen molar-refractivity contribution in [1.82, 2.24) is 0 Å². The Hall–Kier alpha value is -2.35. The number of aliphatic hydroxyl groups is 1. The number of Topliss-reactive ketones (excluding diaryl/α,β-unsaturated/α-hetero) is 1. The molecule has 0 aliphatic heterocycles. The third-order valence-corrected chi connectivity index (χ3v) is 9.76. The summed E-state index contributed by atoms with van der Waals surface area (Å²) in [4.78, 5) is 50.3. The Kier molecular flexibility index (Phi) is 6.82. The maximum atomic E-state index is 14.9. The number of carbonyl (C=O) groups is 4. The van der Waals surface area contributed by atoms with E-state index in [1.54, 1.807) is 19.9 Å². The van der Waals surface area contributed by atoms with Crippen molar-refractivity contribution in [2.75, 3.05) is 6.61 Å². The van der Waals surface area contributed by atoms with Gasteiger partial charge in [0.05, 0.1) is 6.10 Å². The monoisotopic (exact) mass is 504 g/mol. The van der Waals surface area contributed by atoms with Gasteiger partial charge in [0.2, 0.25) is 11.6 Å². The Morgan fingerprint density at radius 3 is 2.47 bits per heavy atom. The number of hydrogen-bond acceptors (Lipinski definition) is 7. The van der Waals surface area contributed by atoms with E-state index < -0.39 is 58.5 Å². The van der Waals surface area contributed by atoms with Gasteiger partial charge in [0.15, 0.2) is 18.0 Å². The SMILES string of the molecule is CCC(=O)OCC(=O)[C@@]1(OC(=O)CC)[C@@H](C)C[C@H]2[C@@H]3CCC4=C(F)C(=O)C=C[C@]4(C)[C@H]3[C@@H](O)C[C@@]21C. The van der Waals surface area contributed by atoms with Gasteiger partial charge in [-0.3, -0.25) is 19.2 Å². The molecule has 0 saturated heterocycles. The first-order valence-corrected chi connectivity index (χ1v) is 13.1. The van der Waals surface area contributed by atoms with Crippen LogP contribution in [-0.2, 0) is 28.7 Å². The number of aliphatic hydroxyl groups excluding tert-OH is 1. The van der Waals surface area contributed by atoms with Crippen LogP contribution in [0.4, 0.5) is 4.39 Å². The quantitative estimate of drug-likeness (QED) is 0.545. The lowest BCUT2D eigenvalue weighted by Crippen LogP contribution is -2.64. The highest BCUT2D eigenvalue weighted by Gasteiger charge is 2.73. The molecule has 0 aromatic rings. The lowest BCUT2D eigenvalue weighted by Gasteiger charge is -2.60. The van der Waals surface area contributed by atoms with Crippen LogP contribution >= 0.6 is 0 Å². The van der Waals surface area contributed by atoms with Gasteiger partial charge in [-0.25, -0.2) is 4.39 Å². The van der Waals surface area contributed by atoms with Crippen molar-refractivity contribution in [3.05, 3.63) is 23.6 Å². The molecule has 36 heavy (non-hydrogen) atoms. The fraction of sp³-hybridized carbons (Fsp3) is 0.714. The topological polar surface area (TPSA) is 107 Å². The van der Waals surface area contributed by atoms with Gasteiger partial charge < -0.3 is 14.6 Å². The van der Waals surface area contributed by atoms with Crippen LogP contribution < -0.4 is 0 Å². The fourth-order valence-corrected chi connectivity index (χ4v) is 8.20. The summed E-state index contributed by atoms with van der Waals surface area (Å²) in [5.74, 6) is -3.74. The molecule has 198 valence electrons. The molecule has 0 bridgehead atoms. The third kappa shape index (κ3) is 3.62. The predicted molar refractivity (Wildman–Crippen MR) is 128 cm³/mol. The number of carbonyl (C=O) groups excluding carboxylic acids is 4. The standard InChI is InChI=1S/C28H37FO7/c1-6-22(33)35-14-21(32)28(36-23(34)7-2)15(3)12-18-16-8-9-17-25(29)19(30)10-11-26(17,4)24(16)20(31)13-27(18,28)5/h10-11,15-16,18,20,24,31H,6-9,12-14H2,1-5H3/t15-,16-,18-,20-,24+,26-,27-,28-/m0/s1. The fourth-order valence-electron chi connectivity index (χ4n) is 8.20. The maximum absolute atomic E-state index is 14.9. The highest BCUT2D eigenvalue weighted by molar-refractivity contribution is 6.04. The Labute approximate surface area is 211 Å². The van der Waals surface area contributed by atoms with Gasteiger partial charge in [0, 0.05) is 35.5 Å². The first-order valence-electron chi connectivity index (χ1n) is 13.1. The van der Waals surface area contributed by atoms with E-state index in [0.29, 0.717) is 24.8 Å². The second-order valence-electron chi connectivity index (χ2n) is 11.4. The Morgan fingerprint density at radius 1 is 1.17 bits per heavy atom. The molecule has 4 rings (SSSR count). The lowest BCUT2D eigenvalue weighted by molar-refractivity contribution is -0.206. The molecule has 4 aliphatic rings. The molecule has 1 N–H and O–H groups in total. The summed E-state index contributed by atoms with van der Waals surface area (Å²) in [6.07, 6.45) is 3.96. The van der Waals surface area contributed by atoms with Crippen molar-refractivity contribution < 1.29 is 38.1 Å². The van der Waals surface area contributed by atoms with Gasteiger partial charge in [-0.2, -0.15) is 0 Å². The summed E-state index contributed by atoms with van der Waals surface area (Å²) in [7, 11) is 0. The summed E-state index contributed by atoms with van der Waals surface area (Å²) in [6, 6.07) is 0. The Morgan fingerprint density at radius 2 is 1.83 bits per heavy atom. The molecule has 0 radical (unpaired) electrons. The molecular formula is C28H37FO7. The van der Waals surface area contributed by atoms with Crippen LogP contribution in [0.25, 0.3) is 0 Å². The van der Waals surface area contributed by atoms with Crippen molar-refractivity contribution in [3.8, 4) is 0 Å². The highest BCUT2D eigenvalue weighted by Crippen LogP contribution is 2.69. The summed E-state index contributed by atoms with van der Waals surface area (Å²) in [5.41, 5.74) is -2.82. The van der Waals surface area contributed by atoms with Gasteiger partial charge in [-0.15, -0.1) is 0 Å². The number of esters is 2. The molecule has 0 amide bonds. The summed E-state index contributed by atoms with van der Waals surface area (Å²) >= 11 is 0. The maximum Gasteiger partial charge on any atom is 0.306 e. The minimum Gasteiger partial charge on any atom is -0.457 e. The van der Waals surface area contributed by atoms with E-state index in [2.05, 4.69) is 0 Å². The molecule has 3 saturated carbocycles. The van der Waals surface area contributed by atoms with E-state index >= 15 is 0 Å². The van der Waals surface area contributed by atoms with Crippen molar-refractivity contribution in [3.63, 3.8) is 0 Å². The number of ether oxygens (including phenoxy) is 2. The zero-order valence-electron chi connectivity index (χ0n) is 21.8. The molecule has 0 spiro atoms. The van der Waals surface area contributed by atoms with E-state index in [0.717, 1.165) is 0 Å². The lowest BCUT2D eigenvalue weighted by atomic mass is 9.46. The zero-order valence-corrected chi connectivity index (χ0v) is 21.8. The third-order valence-electron chi connectivity index (χ3n) is 9.76. The van der Waals surface area contributed by atoms with Gasteiger partial charge in [-0.05, 0) is 49.2 Å². The van der Waals surface area contributed by atoms with Crippen LogP contribution in [-0.4, -0.2) is 46.9 Å². The first-order chi connectivity index (χ1) is 16.9. The highest BCUT2D eigenvalue weighted by atomic mass is 19.1. The van der Waals surface area contributed by atoms with Crippen LogP contribution in [0.15, 0.2) is 23.6 Å². The van der Waals surface area contributed by atoms with Gasteiger partial charge in [-0.1, -0.05) is 40.7 Å². The van der Waals surface area contributed by atoms with Crippen LogP contribution in [0.2, 0.25) is 0 Å². The number of rotatable bonds is 6. The minimum absolute atomic E-state index is 0.0752. The number of allylic oxidation sites excluding steroid dienone is 4. The molecule has 7 nitrogen and oxygen atoms in total. The molecule has 0 aromatic carbocycles. The van der Waals surface area contributed by atoms with Crippen molar-refractivity contribution in [2.24, 2.45) is 34.5 Å². The summed E-state index contributed by atoms with van der Waals surface area (Å²) < 4.78 is 26.1. The van der Waals surface area contributed by atoms with Crippen LogP contribution in [0.5, 0.6) is 0 Å². The zero-order chi connectivity index (χ0) is 26.6. The van der Waals surface area contributed by atoms with Crippen LogP contribution in [0.1, 0.15) is 73.1 Å². The summed E-state index contributed by atoms with van der Waals surface area (Å²) in [6.45, 7) is 8.45. The normalized spacial score (nSPS) is 41.3. The van der Waals surface area contributed by atoms with E-state index in [4.69, 9.17) is 9.47 Å². The second kappa shape index (κ2) is 9.19. The van der Waals surface area contributed by atoms with E-state index in [9.17, 15) is 28.7 Å².